The minimum absolute atomic E-state index is 0.112. The lowest BCUT2D eigenvalue weighted by molar-refractivity contribution is 0.0947. The van der Waals surface area contributed by atoms with E-state index in [0.717, 1.165) is 25.1 Å². The summed E-state index contributed by atoms with van der Waals surface area (Å²) in [6.45, 7) is 6.28. The maximum absolute atomic E-state index is 12.7. The number of anilines is 1. The molecule has 0 aromatic heterocycles. The molecule has 3 rings (SSSR count). The van der Waals surface area contributed by atoms with Crippen molar-refractivity contribution in [2.45, 2.75) is 25.2 Å². The number of para-hydroxylation sites is 1. The molecule has 1 fully saturated rings. The van der Waals surface area contributed by atoms with Crippen molar-refractivity contribution in [2.24, 2.45) is 5.92 Å². The molecular weight excluding hydrogens is 374 g/mol. The lowest BCUT2D eigenvalue weighted by atomic mass is 10.1. The summed E-state index contributed by atoms with van der Waals surface area (Å²) in [5, 5.41) is 2.98. The summed E-state index contributed by atoms with van der Waals surface area (Å²) in [5.74, 6) is 0.141. The number of aryl methyl sites for hydroxylation is 1. The highest BCUT2D eigenvalue weighted by atomic mass is 32.2. The molecule has 1 aliphatic heterocycles. The number of benzene rings is 2. The zero-order chi connectivity index (χ0) is 20.1. The Labute approximate surface area is 167 Å². The zero-order valence-corrected chi connectivity index (χ0v) is 17.1. The number of amides is 1. The average Bonchev–Trinajstić information content (AvgIpc) is 3.16. The lowest BCUT2D eigenvalue weighted by Gasteiger charge is -2.19. The van der Waals surface area contributed by atoms with Crippen LogP contribution in [0.4, 0.5) is 5.69 Å². The van der Waals surface area contributed by atoms with Gasteiger partial charge in [-0.2, -0.15) is 0 Å². The number of nitrogens with zero attached hydrogens (tertiary/aromatic N) is 1. The van der Waals surface area contributed by atoms with Crippen LogP contribution in [0.25, 0.3) is 0 Å². The Morgan fingerprint density at radius 2 is 1.93 bits per heavy atom. The van der Waals surface area contributed by atoms with Crippen molar-refractivity contribution in [3.63, 3.8) is 0 Å². The van der Waals surface area contributed by atoms with Crippen molar-refractivity contribution < 1.29 is 13.2 Å². The van der Waals surface area contributed by atoms with Crippen LogP contribution < -0.4 is 14.9 Å². The van der Waals surface area contributed by atoms with Gasteiger partial charge in [0.05, 0.1) is 4.90 Å². The summed E-state index contributed by atoms with van der Waals surface area (Å²) < 4.78 is 26.9. The largest absolute Gasteiger partial charge is 0.371 e. The monoisotopic (exact) mass is 401 g/mol. The SMILES string of the molecule is CCNS(=O)(=O)c1ccc(C)c(C(=O)NCC2CCN(c3ccccc3)C2)c1. The maximum Gasteiger partial charge on any atom is 0.251 e. The van der Waals surface area contributed by atoms with Crippen LogP contribution >= 0.6 is 0 Å². The Morgan fingerprint density at radius 3 is 2.64 bits per heavy atom. The fourth-order valence-corrected chi connectivity index (χ4v) is 4.56. The summed E-state index contributed by atoms with van der Waals surface area (Å²) in [6.07, 6.45) is 1.02. The summed E-state index contributed by atoms with van der Waals surface area (Å²) in [6, 6.07) is 14.9. The molecule has 2 aromatic rings. The molecule has 28 heavy (non-hydrogen) atoms. The number of nitrogens with one attached hydrogen (secondary N) is 2. The topological polar surface area (TPSA) is 78.5 Å². The van der Waals surface area contributed by atoms with Gasteiger partial charge in [-0.3, -0.25) is 4.79 Å². The standard InChI is InChI=1S/C21H27N3O3S/c1-3-23-28(26,27)19-10-9-16(2)20(13-19)21(25)22-14-17-11-12-24(15-17)18-7-5-4-6-8-18/h4-10,13,17,23H,3,11-12,14-15H2,1-2H3,(H,22,25). The summed E-state index contributed by atoms with van der Waals surface area (Å²) in [4.78, 5) is 15.1. The Balaban J connectivity index is 1.62. The van der Waals surface area contributed by atoms with Gasteiger partial charge in [-0.25, -0.2) is 13.1 Å². The highest BCUT2D eigenvalue weighted by molar-refractivity contribution is 7.89. The van der Waals surface area contributed by atoms with E-state index in [1.165, 1.54) is 17.8 Å². The molecule has 150 valence electrons. The summed E-state index contributed by atoms with van der Waals surface area (Å²) in [5.41, 5.74) is 2.36. The Bertz CT molecular complexity index is 929. The minimum Gasteiger partial charge on any atom is -0.371 e. The van der Waals surface area contributed by atoms with Crippen molar-refractivity contribution in [3.05, 3.63) is 59.7 Å². The van der Waals surface area contributed by atoms with Crippen LogP contribution in [0.15, 0.2) is 53.4 Å². The molecule has 1 amide bonds. The third-order valence-electron chi connectivity index (χ3n) is 5.06. The normalized spacial score (nSPS) is 16.9. The fourth-order valence-electron chi connectivity index (χ4n) is 3.49. The van der Waals surface area contributed by atoms with E-state index in [2.05, 4.69) is 27.1 Å². The van der Waals surface area contributed by atoms with Crippen molar-refractivity contribution in [1.82, 2.24) is 10.0 Å². The van der Waals surface area contributed by atoms with E-state index in [4.69, 9.17) is 0 Å². The third-order valence-corrected chi connectivity index (χ3v) is 6.60. The molecule has 0 saturated carbocycles. The number of sulfonamides is 1. The van der Waals surface area contributed by atoms with E-state index in [-0.39, 0.29) is 10.8 Å². The van der Waals surface area contributed by atoms with E-state index >= 15 is 0 Å². The molecule has 1 unspecified atom stereocenters. The van der Waals surface area contributed by atoms with E-state index in [9.17, 15) is 13.2 Å². The van der Waals surface area contributed by atoms with E-state index in [0.29, 0.717) is 24.6 Å². The first-order valence-electron chi connectivity index (χ1n) is 9.59. The van der Waals surface area contributed by atoms with Crippen molar-refractivity contribution in [1.29, 1.82) is 0 Å². The molecule has 0 bridgehead atoms. The predicted molar refractivity (Wildman–Crippen MR) is 111 cm³/mol. The molecule has 1 heterocycles. The first-order chi connectivity index (χ1) is 13.4. The number of carbonyl (C=O) groups is 1. The highest BCUT2D eigenvalue weighted by Gasteiger charge is 2.24. The van der Waals surface area contributed by atoms with E-state index in [1.807, 2.05) is 25.1 Å². The van der Waals surface area contributed by atoms with Gasteiger partial charge in [0.15, 0.2) is 0 Å². The highest BCUT2D eigenvalue weighted by Crippen LogP contribution is 2.23. The van der Waals surface area contributed by atoms with Gasteiger partial charge in [-0.05, 0) is 49.1 Å². The molecule has 1 saturated heterocycles. The molecule has 0 spiro atoms. The molecule has 0 aliphatic carbocycles. The second-order valence-corrected chi connectivity index (χ2v) is 8.89. The molecule has 2 aromatic carbocycles. The van der Waals surface area contributed by atoms with Gasteiger partial charge < -0.3 is 10.2 Å². The number of carbonyl (C=O) groups excluding carboxylic acids is 1. The second-order valence-electron chi connectivity index (χ2n) is 7.12. The van der Waals surface area contributed by atoms with Gasteiger partial charge in [0, 0.05) is 37.4 Å². The van der Waals surface area contributed by atoms with Crippen LogP contribution in [0.5, 0.6) is 0 Å². The number of hydrogen-bond acceptors (Lipinski definition) is 4. The molecule has 7 heteroatoms. The van der Waals surface area contributed by atoms with Crippen LogP contribution in [0.2, 0.25) is 0 Å². The van der Waals surface area contributed by atoms with Gasteiger partial charge in [0.25, 0.3) is 5.91 Å². The molecule has 0 radical (unpaired) electrons. The van der Waals surface area contributed by atoms with E-state index < -0.39 is 10.0 Å². The molecule has 6 nitrogen and oxygen atoms in total. The summed E-state index contributed by atoms with van der Waals surface area (Å²) in [7, 11) is -3.59. The number of rotatable bonds is 7. The zero-order valence-electron chi connectivity index (χ0n) is 16.3. The molecule has 2 N–H and O–H groups in total. The van der Waals surface area contributed by atoms with Crippen LogP contribution in [0.1, 0.15) is 29.3 Å². The van der Waals surface area contributed by atoms with Crippen molar-refractivity contribution in [2.75, 3.05) is 31.1 Å². The van der Waals surface area contributed by atoms with E-state index in [1.54, 1.807) is 13.0 Å². The predicted octanol–water partition coefficient (Wildman–Crippen LogP) is 2.55. The fraction of sp³-hybridized carbons (Fsp3) is 0.381. The van der Waals surface area contributed by atoms with Gasteiger partial charge >= 0.3 is 0 Å². The molecule has 1 atom stereocenters. The maximum atomic E-state index is 12.7. The average molecular weight is 402 g/mol. The quantitative estimate of drug-likeness (QED) is 0.747. The lowest BCUT2D eigenvalue weighted by Crippen LogP contribution is -2.31. The van der Waals surface area contributed by atoms with Crippen LogP contribution in [-0.4, -0.2) is 40.5 Å². The van der Waals surface area contributed by atoms with Crippen molar-refractivity contribution in [3.8, 4) is 0 Å². The van der Waals surface area contributed by atoms with Gasteiger partial charge in [0.2, 0.25) is 10.0 Å². The molecular formula is C21H27N3O3S. The van der Waals surface area contributed by atoms with Crippen LogP contribution in [0.3, 0.4) is 0 Å². The van der Waals surface area contributed by atoms with Gasteiger partial charge in [-0.15, -0.1) is 0 Å². The van der Waals surface area contributed by atoms with Crippen LogP contribution in [-0.2, 0) is 10.0 Å². The van der Waals surface area contributed by atoms with Gasteiger partial charge in [0.1, 0.15) is 0 Å². The van der Waals surface area contributed by atoms with Crippen molar-refractivity contribution >= 4 is 21.6 Å². The molecule has 1 aliphatic rings. The summed E-state index contributed by atoms with van der Waals surface area (Å²) >= 11 is 0. The van der Waals surface area contributed by atoms with Gasteiger partial charge in [-0.1, -0.05) is 31.2 Å². The van der Waals surface area contributed by atoms with Crippen LogP contribution in [0, 0.1) is 12.8 Å². The second kappa shape index (κ2) is 8.75. The first kappa shape index (κ1) is 20.4. The third kappa shape index (κ3) is 4.72. The Kier molecular flexibility index (Phi) is 6.36. The number of hydrogen-bond donors (Lipinski definition) is 2. The Morgan fingerprint density at radius 1 is 1.18 bits per heavy atom. The minimum atomic E-state index is -3.59. The Hall–Kier alpha value is -2.38. The smallest absolute Gasteiger partial charge is 0.251 e. The first-order valence-corrected chi connectivity index (χ1v) is 11.1.